The van der Waals surface area contributed by atoms with Crippen LogP contribution in [-0.4, -0.2) is 27.3 Å². The van der Waals surface area contributed by atoms with Crippen LogP contribution in [0.15, 0.2) is 41.9 Å². The molecule has 2 heterocycles. The number of aromatic nitrogens is 3. The first-order valence-electron chi connectivity index (χ1n) is 7.73. The van der Waals surface area contributed by atoms with Crippen LogP contribution in [-0.2, 0) is 6.54 Å². The molecule has 124 valence electrons. The van der Waals surface area contributed by atoms with Gasteiger partial charge in [0, 0.05) is 23.7 Å². The highest BCUT2D eigenvalue weighted by Gasteiger charge is 2.13. The minimum absolute atomic E-state index is 0.207. The molecule has 0 aliphatic heterocycles. The average molecular weight is 342 g/mol. The van der Waals surface area contributed by atoms with Crippen molar-refractivity contribution in [3.05, 3.63) is 47.6 Å². The van der Waals surface area contributed by atoms with Crippen LogP contribution in [0.4, 0.5) is 5.13 Å². The van der Waals surface area contributed by atoms with E-state index < -0.39 is 0 Å². The van der Waals surface area contributed by atoms with Crippen LogP contribution in [0.2, 0.25) is 0 Å². The Kier molecular flexibility index (Phi) is 4.90. The number of rotatable bonds is 6. The quantitative estimate of drug-likeness (QED) is 0.742. The van der Waals surface area contributed by atoms with E-state index in [1.165, 1.54) is 11.3 Å². The minimum atomic E-state index is -0.207. The standard InChI is InChI=1S/C17H18N4O2S/c1-3-21-15(9-10-18-21)16(22)20-17-19-14(11-24-17)12-5-7-13(8-6-12)23-4-2/h5-11H,3-4H2,1-2H3,(H,19,20,22). The number of amides is 1. The zero-order valence-corrected chi connectivity index (χ0v) is 14.3. The number of thiazole rings is 1. The van der Waals surface area contributed by atoms with Gasteiger partial charge in [-0.05, 0) is 44.2 Å². The first-order chi connectivity index (χ1) is 11.7. The molecule has 24 heavy (non-hydrogen) atoms. The maximum atomic E-state index is 12.3. The number of benzene rings is 1. The van der Waals surface area contributed by atoms with Crippen molar-refractivity contribution in [3.8, 4) is 17.0 Å². The summed E-state index contributed by atoms with van der Waals surface area (Å²) in [5, 5.41) is 9.41. The molecule has 3 rings (SSSR count). The summed E-state index contributed by atoms with van der Waals surface area (Å²) >= 11 is 1.39. The van der Waals surface area contributed by atoms with Crippen molar-refractivity contribution >= 4 is 22.4 Å². The summed E-state index contributed by atoms with van der Waals surface area (Å²) in [7, 11) is 0. The zero-order valence-electron chi connectivity index (χ0n) is 13.5. The number of hydrogen-bond acceptors (Lipinski definition) is 5. The van der Waals surface area contributed by atoms with E-state index in [-0.39, 0.29) is 5.91 Å². The van der Waals surface area contributed by atoms with Gasteiger partial charge in [0.25, 0.3) is 5.91 Å². The van der Waals surface area contributed by atoms with E-state index in [0.717, 1.165) is 17.0 Å². The highest BCUT2D eigenvalue weighted by Crippen LogP contribution is 2.26. The minimum Gasteiger partial charge on any atom is -0.494 e. The van der Waals surface area contributed by atoms with Gasteiger partial charge in [0.15, 0.2) is 5.13 Å². The van der Waals surface area contributed by atoms with E-state index in [2.05, 4.69) is 15.4 Å². The van der Waals surface area contributed by atoms with Gasteiger partial charge < -0.3 is 4.74 Å². The summed E-state index contributed by atoms with van der Waals surface area (Å²) in [6.45, 7) is 5.18. The molecule has 0 bridgehead atoms. The van der Waals surface area contributed by atoms with Gasteiger partial charge in [-0.1, -0.05) is 0 Å². The molecule has 0 fully saturated rings. The number of nitrogens with one attached hydrogen (secondary N) is 1. The summed E-state index contributed by atoms with van der Waals surface area (Å²) < 4.78 is 7.08. The van der Waals surface area contributed by atoms with Crippen LogP contribution in [0.3, 0.4) is 0 Å². The smallest absolute Gasteiger partial charge is 0.275 e. The van der Waals surface area contributed by atoms with Gasteiger partial charge in [-0.15, -0.1) is 11.3 Å². The Morgan fingerprint density at radius 1 is 1.25 bits per heavy atom. The fraction of sp³-hybridized carbons (Fsp3) is 0.235. The summed E-state index contributed by atoms with van der Waals surface area (Å²) in [6, 6.07) is 9.43. The summed E-state index contributed by atoms with van der Waals surface area (Å²) in [6.07, 6.45) is 1.62. The second-order valence-electron chi connectivity index (χ2n) is 4.98. The Balaban J connectivity index is 1.72. The molecule has 2 aromatic heterocycles. The molecular formula is C17H18N4O2S. The lowest BCUT2D eigenvalue weighted by Crippen LogP contribution is -2.17. The van der Waals surface area contributed by atoms with E-state index in [0.29, 0.717) is 24.0 Å². The number of ether oxygens (including phenoxy) is 1. The average Bonchev–Trinajstić information content (AvgIpc) is 3.24. The lowest BCUT2D eigenvalue weighted by molar-refractivity contribution is 0.101. The van der Waals surface area contributed by atoms with Crippen molar-refractivity contribution in [3.63, 3.8) is 0 Å². The maximum absolute atomic E-state index is 12.3. The van der Waals surface area contributed by atoms with Crippen LogP contribution >= 0.6 is 11.3 Å². The molecule has 0 spiro atoms. The van der Waals surface area contributed by atoms with Gasteiger partial charge in [0.05, 0.1) is 12.3 Å². The van der Waals surface area contributed by atoms with Crippen LogP contribution < -0.4 is 10.1 Å². The molecule has 1 N–H and O–H groups in total. The molecule has 0 saturated carbocycles. The molecular weight excluding hydrogens is 324 g/mol. The second kappa shape index (κ2) is 7.27. The number of carbonyl (C=O) groups excluding carboxylic acids is 1. The third-order valence-corrected chi connectivity index (χ3v) is 4.19. The van der Waals surface area contributed by atoms with E-state index in [1.54, 1.807) is 16.9 Å². The third kappa shape index (κ3) is 3.46. The Labute approximate surface area is 144 Å². The third-order valence-electron chi connectivity index (χ3n) is 3.43. The number of nitrogens with zero attached hydrogens (tertiary/aromatic N) is 3. The Hall–Kier alpha value is -2.67. The van der Waals surface area contributed by atoms with Crippen molar-refractivity contribution in [2.45, 2.75) is 20.4 Å². The topological polar surface area (TPSA) is 69.0 Å². The Morgan fingerprint density at radius 3 is 2.75 bits per heavy atom. The molecule has 7 heteroatoms. The molecule has 0 aliphatic carbocycles. The molecule has 0 aliphatic rings. The van der Waals surface area contributed by atoms with Crippen molar-refractivity contribution < 1.29 is 9.53 Å². The molecule has 0 atom stereocenters. The molecule has 0 saturated heterocycles. The normalized spacial score (nSPS) is 10.6. The highest BCUT2D eigenvalue weighted by atomic mass is 32.1. The summed E-state index contributed by atoms with van der Waals surface area (Å²) in [5.74, 6) is 0.625. The number of anilines is 1. The summed E-state index contributed by atoms with van der Waals surface area (Å²) in [4.78, 5) is 16.8. The first-order valence-corrected chi connectivity index (χ1v) is 8.61. The monoisotopic (exact) mass is 342 g/mol. The zero-order chi connectivity index (χ0) is 16.9. The number of aryl methyl sites for hydroxylation is 1. The van der Waals surface area contributed by atoms with Gasteiger partial charge in [-0.3, -0.25) is 14.8 Å². The van der Waals surface area contributed by atoms with Gasteiger partial charge >= 0.3 is 0 Å². The Morgan fingerprint density at radius 2 is 2.04 bits per heavy atom. The van der Waals surface area contributed by atoms with Crippen molar-refractivity contribution in [2.75, 3.05) is 11.9 Å². The molecule has 6 nitrogen and oxygen atoms in total. The number of hydrogen-bond donors (Lipinski definition) is 1. The predicted molar refractivity (Wildman–Crippen MR) is 94.6 cm³/mol. The van der Waals surface area contributed by atoms with Crippen molar-refractivity contribution in [1.29, 1.82) is 0 Å². The van der Waals surface area contributed by atoms with Gasteiger partial charge in [0.2, 0.25) is 0 Å². The van der Waals surface area contributed by atoms with Gasteiger partial charge in [0.1, 0.15) is 11.4 Å². The second-order valence-corrected chi connectivity index (χ2v) is 5.84. The first kappa shape index (κ1) is 16.2. The predicted octanol–water partition coefficient (Wildman–Crippen LogP) is 3.68. The molecule has 3 aromatic rings. The fourth-order valence-corrected chi connectivity index (χ4v) is 3.01. The maximum Gasteiger partial charge on any atom is 0.275 e. The van der Waals surface area contributed by atoms with Crippen LogP contribution in [0.5, 0.6) is 5.75 Å². The van der Waals surface area contributed by atoms with E-state index in [4.69, 9.17) is 4.74 Å². The fourth-order valence-electron chi connectivity index (χ4n) is 2.29. The molecule has 1 aromatic carbocycles. The highest BCUT2D eigenvalue weighted by molar-refractivity contribution is 7.14. The van der Waals surface area contributed by atoms with Crippen molar-refractivity contribution in [1.82, 2.24) is 14.8 Å². The van der Waals surface area contributed by atoms with E-state index in [1.807, 2.05) is 43.5 Å². The lowest BCUT2D eigenvalue weighted by Gasteiger charge is -2.04. The van der Waals surface area contributed by atoms with Crippen molar-refractivity contribution in [2.24, 2.45) is 0 Å². The SMILES string of the molecule is CCOc1ccc(-c2csc(NC(=O)c3ccnn3CC)n2)cc1. The van der Waals surface area contributed by atoms with Crippen LogP contribution in [0.1, 0.15) is 24.3 Å². The largest absolute Gasteiger partial charge is 0.494 e. The Bertz CT molecular complexity index is 823. The molecule has 0 radical (unpaired) electrons. The van der Waals surface area contributed by atoms with E-state index >= 15 is 0 Å². The van der Waals surface area contributed by atoms with Gasteiger partial charge in [-0.25, -0.2) is 4.98 Å². The van der Waals surface area contributed by atoms with Crippen LogP contribution in [0, 0.1) is 0 Å². The summed E-state index contributed by atoms with van der Waals surface area (Å²) in [5.41, 5.74) is 2.33. The van der Waals surface area contributed by atoms with Gasteiger partial charge in [-0.2, -0.15) is 5.10 Å². The molecule has 0 unspecified atom stereocenters. The van der Waals surface area contributed by atoms with Crippen LogP contribution in [0.25, 0.3) is 11.3 Å². The van der Waals surface area contributed by atoms with E-state index in [9.17, 15) is 4.79 Å². The lowest BCUT2D eigenvalue weighted by atomic mass is 10.2. The number of carbonyl (C=O) groups is 1. The molecule has 1 amide bonds.